The highest BCUT2D eigenvalue weighted by Crippen LogP contribution is 2.17. The molecule has 1 saturated heterocycles. The molecule has 0 spiro atoms. The summed E-state index contributed by atoms with van der Waals surface area (Å²) >= 11 is 0. The van der Waals surface area contributed by atoms with Gasteiger partial charge in [0, 0.05) is 6.54 Å². The number of hydrogen-bond acceptors (Lipinski definition) is 3. The lowest BCUT2D eigenvalue weighted by atomic mass is 10.2. The van der Waals surface area contributed by atoms with Crippen LogP contribution in [0.3, 0.4) is 0 Å². The van der Waals surface area contributed by atoms with E-state index in [9.17, 15) is 9.59 Å². The van der Waals surface area contributed by atoms with E-state index in [-0.39, 0.29) is 18.2 Å². The average molecular weight is 294 g/mol. The molecule has 1 fully saturated rings. The maximum absolute atomic E-state index is 12.4. The Morgan fingerprint density at radius 1 is 0.909 bits per heavy atom. The predicted octanol–water partition coefficient (Wildman–Crippen LogP) is 2.10. The van der Waals surface area contributed by atoms with Crippen molar-refractivity contribution in [3.8, 4) is 0 Å². The maximum atomic E-state index is 12.4. The molecule has 1 N–H and O–H groups in total. The average Bonchev–Trinajstić information content (AvgIpc) is 2.82. The van der Waals surface area contributed by atoms with Crippen LogP contribution in [0.5, 0.6) is 0 Å². The monoisotopic (exact) mass is 294 g/mol. The molecule has 1 heterocycles. The quantitative estimate of drug-likeness (QED) is 0.859. The molecular weight excluding hydrogens is 276 g/mol. The second-order valence-corrected chi connectivity index (χ2v) is 5.43. The van der Waals surface area contributed by atoms with Gasteiger partial charge < -0.3 is 5.32 Å². The smallest absolute Gasteiger partial charge is 0.247 e. The number of likely N-dealkylation sites (tertiary alicyclic amines) is 1. The Labute approximate surface area is 129 Å². The molecule has 22 heavy (non-hydrogen) atoms. The Hall–Kier alpha value is -2.46. The molecule has 2 amide bonds. The van der Waals surface area contributed by atoms with Crippen LogP contribution in [0.15, 0.2) is 60.7 Å². The van der Waals surface area contributed by atoms with E-state index in [2.05, 4.69) is 5.32 Å². The van der Waals surface area contributed by atoms with Crippen molar-refractivity contribution >= 4 is 11.8 Å². The van der Waals surface area contributed by atoms with Crippen molar-refractivity contribution in [3.63, 3.8) is 0 Å². The van der Waals surface area contributed by atoms with Crippen LogP contribution >= 0.6 is 0 Å². The molecule has 0 bridgehead atoms. The highest BCUT2D eigenvalue weighted by atomic mass is 16.2. The van der Waals surface area contributed by atoms with Crippen molar-refractivity contribution in [1.29, 1.82) is 0 Å². The molecule has 0 aliphatic carbocycles. The number of nitrogens with zero attached hydrogens (tertiary/aromatic N) is 1. The van der Waals surface area contributed by atoms with Gasteiger partial charge in [-0.1, -0.05) is 60.7 Å². The summed E-state index contributed by atoms with van der Waals surface area (Å²) in [7, 11) is 0. The van der Waals surface area contributed by atoms with Gasteiger partial charge in [-0.2, -0.15) is 0 Å². The largest absolute Gasteiger partial charge is 0.301 e. The minimum Gasteiger partial charge on any atom is -0.301 e. The molecule has 0 radical (unpaired) electrons. The normalized spacial score (nSPS) is 18.0. The van der Waals surface area contributed by atoms with Crippen molar-refractivity contribution in [2.75, 3.05) is 0 Å². The van der Waals surface area contributed by atoms with Crippen LogP contribution in [-0.4, -0.2) is 22.8 Å². The van der Waals surface area contributed by atoms with Crippen LogP contribution in [0.2, 0.25) is 0 Å². The Bertz CT molecular complexity index is 655. The first-order valence-corrected chi connectivity index (χ1v) is 7.39. The fourth-order valence-corrected chi connectivity index (χ4v) is 2.61. The number of nitrogens with one attached hydrogen (secondary N) is 1. The van der Waals surface area contributed by atoms with Gasteiger partial charge in [0.05, 0.1) is 19.0 Å². The second kappa shape index (κ2) is 6.54. The van der Waals surface area contributed by atoms with Crippen LogP contribution in [0.1, 0.15) is 17.5 Å². The van der Waals surface area contributed by atoms with Crippen LogP contribution < -0.4 is 5.32 Å². The topological polar surface area (TPSA) is 49.4 Å². The first-order valence-electron chi connectivity index (χ1n) is 7.39. The van der Waals surface area contributed by atoms with E-state index in [1.807, 2.05) is 60.7 Å². The highest BCUT2D eigenvalue weighted by Gasteiger charge is 2.37. The molecule has 112 valence electrons. The second-order valence-electron chi connectivity index (χ2n) is 5.43. The van der Waals surface area contributed by atoms with Gasteiger partial charge in [0.25, 0.3) is 0 Å². The third-order valence-corrected chi connectivity index (χ3v) is 3.82. The van der Waals surface area contributed by atoms with Gasteiger partial charge in [-0.3, -0.25) is 14.5 Å². The molecule has 2 aromatic carbocycles. The summed E-state index contributed by atoms with van der Waals surface area (Å²) < 4.78 is 0. The SMILES string of the molecule is O=C1C[C@H](NCc2ccccc2)C(=O)N1Cc1ccccc1. The fourth-order valence-electron chi connectivity index (χ4n) is 2.61. The molecule has 1 atom stereocenters. The predicted molar refractivity (Wildman–Crippen MR) is 83.7 cm³/mol. The minimum absolute atomic E-state index is 0.112. The van der Waals surface area contributed by atoms with E-state index in [4.69, 9.17) is 0 Å². The van der Waals surface area contributed by atoms with Gasteiger partial charge in [0.1, 0.15) is 0 Å². The lowest BCUT2D eigenvalue weighted by Gasteiger charge is -2.15. The number of imide groups is 1. The molecule has 4 nitrogen and oxygen atoms in total. The number of hydrogen-bond donors (Lipinski definition) is 1. The van der Waals surface area contributed by atoms with Crippen LogP contribution in [0, 0.1) is 0 Å². The van der Waals surface area contributed by atoms with Gasteiger partial charge in [-0.25, -0.2) is 0 Å². The summed E-state index contributed by atoms with van der Waals surface area (Å²) in [6.45, 7) is 0.936. The van der Waals surface area contributed by atoms with Gasteiger partial charge in [-0.05, 0) is 11.1 Å². The zero-order chi connectivity index (χ0) is 15.4. The lowest BCUT2D eigenvalue weighted by Crippen LogP contribution is -2.38. The minimum atomic E-state index is -0.420. The Balaban J connectivity index is 1.61. The van der Waals surface area contributed by atoms with E-state index < -0.39 is 6.04 Å². The Morgan fingerprint density at radius 2 is 1.50 bits per heavy atom. The number of carbonyl (C=O) groups excluding carboxylic acids is 2. The number of rotatable bonds is 5. The van der Waals surface area contributed by atoms with Crippen molar-refractivity contribution in [2.45, 2.75) is 25.6 Å². The van der Waals surface area contributed by atoms with Crippen molar-refractivity contribution < 1.29 is 9.59 Å². The maximum Gasteiger partial charge on any atom is 0.247 e. The fraction of sp³-hybridized carbons (Fsp3) is 0.222. The zero-order valence-electron chi connectivity index (χ0n) is 12.2. The number of benzene rings is 2. The van der Waals surface area contributed by atoms with Gasteiger partial charge in [0.15, 0.2) is 0 Å². The van der Waals surface area contributed by atoms with Crippen molar-refractivity contribution in [3.05, 3.63) is 71.8 Å². The molecular formula is C18H18N2O2. The summed E-state index contributed by atoms with van der Waals surface area (Å²) in [6, 6.07) is 19.0. The molecule has 0 saturated carbocycles. The first kappa shape index (κ1) is 14.5. The number of amides is 2. The lowest BCUT2D eigenvalue weighted by molar-refractivity contribution is -0.139. The van der Waals surface area contributed by atoms with Crippen LogP contribution in [-0.2, 0) is 22.7 Å². The summed E-state index contributed by atoms with van der Waals surface area (Å²) in [6.07, 6.45) is 0.235. The zero-order valence-corrected chi connectivity index (χ0v) is 12.2. The first-order chi connectivity index (χ1) is 10.7. The van der Waals surface area contributed by atoms with E-state index in [1.54, 1.807) is 0 Å². The van der Waals surface area contributed by atoms with Gasteiger partial charge in [0.2, 0.25) is 11.8 Å². The van der Waals surface area contributed by atoms with E-state index in [0.29, 0.717) is 13.1 Å². The molecule has 0 aromatic heterocycles. The third kappa shape index (κ3) is 3.23. The number of carbonyl (C=O) groups is 2. The van der Waals surface area contributed by atoms with E-state index in [1.165, 1.54) is 4.90 Å². The van der Waals surface area contributed by atoms with Gasteiger partial charge >= 0.3 is 0 Å². The van der Waals surface area contributed by atoms with E-state index in [0.717, 1.165) is 11.1 Å². The molecule has 2 aromatic rings. The molecule has 1 aliphatic heterocycles. The Kier molecular flexibility index (Phi) is 4.30. The summed E-state index contributed by atoms with van der Waals surface area (Å²) in [4.78, 5) is 25.8. The molecule has 3 rings (SSSR count). The van der Waals surface area contributed by atoms with Crippen LogP contribution in [0.25, 0.3) is 0 Å². The van der Waals surface area contributed by atoms with Gasteiger partial charge in [-0.15, -0.1) is 0 Å². The third-order valence-electron chi connectivity index (χ3n) is 3.82. The summed E-state index contributed by atoms with van der Waals surface area (Å²) in [5.41, 5.74) is 2.07. The van der Waals surface area contributed by atoms with Crippen LogP contribution in [0.4, 0.5) is 0 Å². The Morgan fingerprint density at radius 3 is 2.14 bits per heavy atom. The molecule has 4 heteroatoms. The van der Waals surface area contributed by atoms with Crippen molar-refractivity contribution in [2.24, 2.45) is 0 Å². The highest BCUT2D eigenvalue weighted by molar-refractivity contribution is 6.05. The molecule has 1 aliphatic rings. The molecule has 0 unspecified atom stereocenters. The summed E-state index contributed by atoms with van der Waals surface area (Å²) in [5, 5.41) is 3.18. The van der Waals surface area contributed by atoms with E-state index >= 15 is 0 Å². The standard InChI is InChI=1S/C18H18N2O2/c21-17-11-16(19-12-14-7-3-1-4-8-14)18(22)20(17)13-15-9-5-2-6-10-15/h1-10,16,19H,11-13H2/t16-/m0/s1. The van der Waals surface area contributed by atoms with Crippen molar-refractivity contribution in [1.82, 2.24) is 10.2 Å². The summed E-state index contributed by atoms with van der Waals surface area (Å²) in [5.74, 6) is -0.246.